The minimum atomic E-state index is 0.822. The van der Waals surface area contributed by atoms with Gasteiger partial charge >= 0.3 is 0 Å². The van der Waals surface area contributed by atoms with Crippen molar-refractivity contribution in [3.05, 3.63) is 26.7 Å². The molecule has 0 unspecified atom stereocenters. The van der Waals surface area contributed by atoms with Gasteiger partial charge in [0.05, 0.1) is 22.9 Å². The van der Waals surface area contributed by atoms with Gasteiger partial charge < -0.3 is 10.2 Å². The van der Waals surface area contributed by atoms with Gasteiger partial charge in [-0.1, -0.05) is 13.8 Å². The predicted molar refractivity (Wildman–Crippen MR) is 92.4 cm³/mol. The number of anilines is 1. The topological polar surface area (TPSA) is 41.0 Å². The molecule has 2 aromatic heterocycles. The molecule has 0 aliphatic heterocycles. The number of aryl methyl sites for hydroxylation is 2. The Kier molecular flexibility index (Phi) is 6.14. The third-order valence-electron chi connectivity index (χ3n) is 3.21. The maximum Gasteiger partial charge on any atom is 0.185 e. The smallest absolute Gasteiger partial charge is 0.185 e. The second-order valence-corrected chi connectivity index (χ2v) is 7.23. The molecule has 2 aromatic rings. The van der Waals surface area contributed by atoms with Crippen LogP contribution in [0.1, 0.15) is 41.5 Å². The van der Waals surface area contributed by atoms with Crippen molar-refractivity contribution in [2.75, 3.05) is 18.5 Å². The zero-order valence-corrected chi connectivity index (χ0v) is 14.9. The van der Waals surface area contributed by atoms with E-state index in [2.05, 4.69) is 41.5 Å². The second-order valence-electron chi connectivity index (χ2n) is 5.11. The van der Waals surface area contributed by atoms with Gasteiger partial charge in [0.15, 0.2) is 5.13 Å². The summed E-state index contributed by atoms with van der Waals surface area (Å²) < 4.78 is 0. The fourth-order valence-electron chi connectivity index (χ4n) is 2.12. The molecule has 0 fully saturated rings. The van der Waals surface area contributed by atoms with Gasteiger partial charge in [0.2, 0.25) is 0 Å². The average Bonchev–Trinajstić information content (AvgIpc) is 3.05. The molecule has 0 spiro atoms. The molecule has 0 saturated carbocycles. The molecule has 0 amide bonds. The number of nitrogens with zero attached hydrogens (tertiary/aromatic N) is 3. The lowest BCUT2D eigenvalue weighted by Crippen LogP contribution is -2.16. The highest BCUT2D eigenvalue weighted by molar-refractivity contribution is 7.15. The Hall–Kier alpha value is -0.980. The Morgan fingerprint density at radius 1 is 1.29 bits per heavy atom. The van der Waals surface area contributed by atoms with E-state index in [0.717, 1.165) is 48.3 Å². The summed E-state index contributed by atoms with van der Waals surface area (Å²) in [5.74, 6) is 0. The molecule has 2 heterocycles. The highest BCUT2D eigenvalue weighted by Gasteiger charge is 2.13. The van der Waals surface area contributed by atoms with E-state index in [1.165, 1.54) is 10.6 Å². The Labute approximate surface area is 135 Å². The van der Waals surface area contributed by atoms with E-state index in [1.54, 1.807) is 22.7 Å². The number of hydrogen-bond acceptors (Lipinski definition) is 6. The van der Waals surface area contributed by atoms with Gasteiger partial charge in [-0.3, -0.25) is 0 Å². The number of rotatable bonds is 8. The van der Waals surface area contributed by atoms with E-state index in [9.17, 15) is 0 Å². The molecule has 1 N–H and O–H groups in total. The zero-order chi connectivity index (χ0) is 15.2. The molecule has 21 heavy (non-hydrogen) atoms. The van der Waals surface area contributed by atoms with E-state index in [-0.39, 0.29) is 0 Å². The van der Waals surface area contributed by atoms with Crippen LogP contribution >= 0.6 is 22.7 Å². The lowest BCUT2D eigenvalue weighted by molar-refractivity contribution is 0.676. The van der Waals surface area contributed by atoms with Crippen molar-refractivity contribution < 1.29 is 0 Å². The summed E-state index contributed by atoms with van der Waals surface area (Å²) in [6, 6.07) is 0. The van der Waals surface area contributed by atoms with Gasteiger partial charge in [0.1, 0.15) is 0 Å². The van der Waals surface area contributed by atoms with Crippen LogP contribution in [-0.4, -0.2) is 23.6 Å². The number of hydrogen-bond donors (Lipinski definition) is 1. The first-order valence-corrected chi connectivity index (χ1v) is 9.15. The van der Waals surface area contributed by atoms with Gasteiger partial charge in [0.25, 0.3) is 0 Å². The van der Waals surface area contributed by atoms with Crippen molar-refractivity contribution >= 4 is 27.8 Å². The van der Waals surface area contributed by atoms with E-state index >= 15 is 0 Å². The first-order chi connectivity index (χ1) is 10.1. The molecule has 0 atom stereocenters. The maximum absolute atomic E-state index is 4.79. The summed E-state index contributed by atoms with van der Waals surface area (Å²) in [6.07, 6.45) is 2.15. The van der Waals surface area contributed by atoms with Crippen molar-refractivity contribution in [1.29, 1.82) is 0 Å². The van der Waals surface area contributed by atoms with Crippen LogP contribution in [0.25, 0.3) is 0 Å². The van der Waals surface area contributed by atoms with E-state index in [0.29, 0.717) is 0 Å². The summed E-state index contributed by atoms with van der Waals surface area (Å²) in [5.41, 5.74) is 2.35. The lowest BCUT2D eigenvalue weighted by atomic mass is 10.3. The Morgan fingerprint density at radius 2 is 2.10 bits per heavy atom. The summed E-state index contributed by atoms with van der Waals surface area (Å²) in [4.78, 5) is 12.9. The quantitative estimate of drug-likeness (QED) is 0.753. The van der Waals surface area contributed by atoms with Crippen molar-refractivity contribution in [3.8, 4) is 0 Å². The van der Waals surface area contributed by atoms with Crippen LogP contribution in [0.3, 0.4) is 0 Å². The third kappa shape index (κ3) is 4.49. The van der Waals surface area contributed by atoms with Crippen LogP contribution < -0.4 is 10.2 Å². The molecular formula is C15H24N4S2. The van der Waals surface area contributed by atoms with Crippen LogP contribution in [0.15, 0.2) is 5.38 Å². The van der Waals surface area contributed by atoms with Gasteiger partial charge in [-0.05, 0) is 26.3 Å². The highest BCUT2D eigenvalue weighted by Crippen LogP contribution is 2.27. The van der Waals surface area contributed by atoms with Crippen molar-refractivity contribution in [2.24, 2.45) is 0 Å². The fourth-order valence-corrected chi connectivity index (χ4v) is 3.80. The molecule has 116 valence electrons. The SMILES string of the molecule is CCCNCc1sc(N(C)Cc2csc(C)n2)nc1CC. The van der Waals surface area contributed by atoms with E-state index in [1.807, 2.05) is 6.92 Å². The first-order valence-electron chi connectivity index (χ1n) is 7.45. The minimum absolute atomic E-state index is 0.822. The van der Waals surface area contributed by atoms with Gasteiger partial charge in [-0.2, -0.15) is 0 Å². The molecule has 0 aliphatic rings. The maximum atomic E-state index is 4.79. The predicted octanol–water partition coefficient (Wildman–Crippen LogP) is 3.61. The van der Waals surface area contributed by atoms with Crippen LogP contribution in [0.5, 0.6) is 0 Å². The standard InChI is InChI=1S/C15H24N4S2/c1-5-7-16-8-14-13(6-2)18-15(21-14)19(4)9-12-10-20-11(3)17-12/h10,16H,5-9H2,1-4H3. The van der Waals surface area contributed by atoms with Crippen LogP contribution in [-0.2, 0) is 19.5 Å². The van der Waals surface area contributed by atoms with E-state index in [4.69, 9.17) is 4.98 Å². The van der Waals surface area contributed by atoms with Crippen molar-refractivity contribution in [1.82, 2.24) is 15.3 Å². The van der Waals surface area contributed by atoms with Crippen molar-refractivity contribution in [3.63, 3.8) is 0 Å². The lowest BCUT2D eigenvalue weighted by Gasteiger charge is -2.13. The van der Waals surface area contributed by atoms with Gasteiger partial charge in [0, 0.05) is 23.8 Å². The van der Waals surface area contributed by atoms with Gasteiger partial charge in [-0.25, -0.2) is 9.97 Å². The van der Waals surface area contributed by atoms with Crippen LogP contribution in [0.4, 0.5) is 5.13 Å². The van der Waals surface area contributed by atoms with Gasteiger partial charge in [-0.15, -0.1) is 22.7 Å². The second kappa shape index (κ2) is 7.87. The molecule has 0 aromatic carbocycles. The molecular weight excluding hydrogens is 300 g/mol. The van der Waals surface area contributed by atoms with E-state index < -0.39 is 0 Å². The fraction of sp³-hybridized carbons (Fsp3) is 0.600. The third-order valence-corrected chi connectivity index (χ3v) is 5.24. The monoisotopic (exact) mass is 324 g/mol. The van der Waals surface area contributed by atoms with Crippen molar-refractivity contribution in [2.45, 2.75) is 46.7 Å². The first kappa shape index (κ1) is 16.4. The number of aromatic nitrogens is 2. The summed E-state index contributed by atoms with van der Waals surface area (Å²) in [6.45, 7) is 9.22. The van der Waals surface area contributed by atoms with Crippen LogP contribution in [0, 0.1) is 6.92 Å². The Morgan fingerprint density at radius 3 is 2.71 bits per heavy atom. The number of thiazole rings is 2. The molecule has 0 radical (unpaired) electrons. The Balaban J connectivity index is 2.04. The molecule has 0 bridgehead atoms. The highest BCUT2D eigenvalue weighted by atomic mass is 32.1. The molecule has 2 rings (SSSR count). The Bertz CT molecular complexity index is 562. The molecule has 4 nitrogen and oxygen atoms in total. The summed E-state index contributed by atoms with van der Waals surface area (Å²) >= 11 is 3.50. The molecule has 6 heteroatoms. The molecule has 0 aliphatic carbocycles. The molecule has 0 saturated heterocycles. The average molecular weight is 325 g/mol. The zero-order valence-electron chi connectivity index (χ0n) is 13.3. The number of nitrogens with one attached hydrogen (secondary N) is 1. The normalized spacial score (nSPS) is 11.0. The van der Waals surface area contributed by atoms with Crippen LogP contribution in [0.2, 0.25) is 0 Å². The summed E-state index contributed by atoms with van der Waals surface area (Å²) in [5, 5.41) is 7.81. The largest absolute Gasteiger partial charge is 0.345 e. The summed E-state index contributed by atoms with van der Waals surface area (Å²) in [7, 11) is 2.09. The minimum Gasteiger partial charge on any atom is -0.345 e.